The molecule has 2 aromatic rings. The first-order valence-electron chi connectivity index (χ1n) is 15.6. The van der Waals surface area contributed by atoms with Gasteiger partial charge in [0.05, 0.1) is 23.4 Å². The number of halogens is 1. The van der Waals surface area contributed by atoms with E-state index in [2.05, 4.69) is 10.00 Å². The molecule has 2 fully saturated rings. The standard InChI is InChI=1S/C33H45FN4O5/c1-21-5-9-26(39)18-31(40)43-32(22(2)6-10-30(21)42-33(41)37-13-11-36(4)12-14-37)23(3)15-25-16-28(34)27-20-38(19-24-7-8-24)35-29(27)17-25/h6,10,15-17,20-22,24,26,30,32,39H,5,7-9,11-14,18-19H2,1-4H3/b10-6+,23-15+/t21-,22-,26+,30-,32-/m0/s1. The number of aliphatic hydroxyl groups excluding tert-OH is 1. The minimum Gasteiger partial charge on any atom is -0.457 e. The van der Waals surface area contributed by atoms with Crippen LogP contribution in [-0.2, 0) is 20.8 Å². The highest BCUT2D eigenvalue weighted by atomic mass is 19.1. The molecule has 1 saturated heterocycles. The minimum absolute atomic E-state index is 0.0607. The summed E-state index contributed by atoms with van der Waals surface area (Å²) in [7, 11) is 2.03. The Kier molecular flexibility index (Phi) is 9.86. The predicted molar refractivity (Wildman–Crippen MR) is 163 cm³/mol. The molecule has 234 valence electrons. The van der Waals surface area contributed by atoms with Crippen molar-refractivity contribution in [3.63, 3.8) is 0 Å². The molecule has 9 nitrogen and oxygen atoms in total. The van der Waals surface area contributed by atoms with Crippen LogP contribution in [0.5, 0.6) is 0 Å². The smallest absolute Gasteiger partial charge is 0.410 e. The van der Waals surface area contributed by atoms with Crippen LogP contribution in [0.1, 0.15) is 58.4 Å². The number of carbonyl (C=O) groups is 2. The maximum absolute atomic E-state index is 15.1. The molecule has 3 heterocycles. The molecule has 5 atom stereocenters. The molecule has 5 rings (SSSR count). The second-order valence-electron chi connectivity index (χ2n) is 12.8. The van der Waals surface area contributed by atoms with Crippen molar-refractivity contribution in [1.29, 1.82) is 0 Å². The lowest BCUT2D eigenvalue weighted by atomic mass is 9.91. The van der Waals surface area contributed by atoms with Gasteiger partial charge in [-0.2, -0.15) is 5.10 Å². The number of aliphatic hydroxyl groups is 1. The van der Waals surface area contributed by atoms with Crippen LogP contribution in [0, 0.1) is 23.6 Å². The van der Waals surface area contributed by atoms with E-state index in [1.54, 1.807) is 11.1 Å². The van der Waals surface area contributed by atoms with E-state index >= 15 is 4.39 Å². The Morgan fingerprint density at radius 3 is 2.60 bits per heavy atom. The Bertz CT molecular complexity index is 1360. The number of likely N-dealkylation sites (N-methyl/N-ethyl adjacent to an activating group) is 1. The van der Waals surface area contributed by atoms with E-state index in [1.165, 1.54) is 18.9 Å². The average Bonchev–Trinajstić information content (AvgIpc) is 3.68. The summed E-state index contributed by atoms with van der Waals surface area (Å²) >= 11 is 0. The van der Waals surface area contributed by atoms with E-state index in [4.69, 9.17) is 9.47 Å². The molecule has 3 aliphatic rings. The van der Waals surface area contributed by atoms with Crippen molar-refractivity contribution in [2.24, 2.45) is 17.8 Å². The topological polar surface area (TPSA) is 97.1 Å². The monoisotopic (exact) mass is 596 g/mol. The lowest BCUT2D eigenvalue weighted by Crippen LogP contribution is -2.48. The summed E-state index contributed by atoms with van der Waals surface area (Å²) in [6, 6.07) is 3.33. The number of ether oxygens (including phenoxy) is 2. The predicted octanol–water partition coefficient (Wildman–Crippen LogP) is 5.03. The van der Waals surface area contributed by atoms with E-state index in [0.717, 1.165) is 25.2 Å². The van der Waals surface area contributed by atoms with Gasteiger partial charge in [0.1, 0.15) is 18.0 Å². The van der Waals surface area contributed by atoms with Gasteiger partial charge in [-0.1, -0.05) is 26.0 Å². The number of carbonyl (C=O) groups excluding carboxylic acids is 2. The van der Waals surface area contributed by atoms with Gasteiger partial charge >= 0.3 is 12.1 Å². The van der Waals surface area contributed by atoms with Crippen molar-refractivity contribution >= 4 is 29.0 Å². The third-order valence-corrected chi connectivity index (χ3v) is 8.89. The number of rotatable bonds is 5. The molecule has 1 amide bonds. The SMILES string of the molecule is C/C(=C\c1cc(F)c2cn(CC3CC3)nc2c1)[C@H]1OC(=O)C[C@H](O)CC[C@H](C)[C@@H](OC(=O)N2CCN(C)CC2)/C=C/[C@@H]1C. The quantitative estimate of drug-likeness (QED) is 0.382. The van der Waals surface area contributed by atoms with E-state index in [0.29, 0.717) is 48.3 Å². The molecule has 0 unspecified atom stereocenters. The van der Waals surface area contributed by atoms with Crippen LogP contribution in [-0.4, -0.2) is 88.3 Å². The first-order valence-corrected chi connectivity index (χ1v) is 15.6. The number of fused-ring (bicyclic) bond motifs is 1. The molecule has 1 aromatic heterocycles. The number of piperazine rings is 1. The molecule has 2 aliphatic heterocycles. The van der Waals surface area contributed by atoms with Gasteiger partial charge in [0, 0.05) is 44.8 Å². The zero-order valence-electron chi connectivity index (χ0n) is 25.7. The molecule has 1 aliphatic carbocycles. The maximum atomic E-state index is 15.1. The number of cyclic esters (lactones) is 1. The number of aromatic nitrogens is 2. The van der Waals surface area contributed by atoms with Crippen LogP contribution >= 0.6 is 0 Å². The molecule has 0 radical (unpaired) electrons. The van der Waals surface area contributed by atoms with Crippen molar-refractivity contribution in [3.8, 4) is 0 Å². The van der Waals surface area contributed by atoms with Crippen LogP contribution in [0.15, 0.2) is 36.1 Å². The van der Waals surface area contributed by atoms with Crippen molar-refractivity contribution in [3.05, 3.63) is 47.4 Å². The number of esters is 1. The fourth-order valence-corrected chi connectivity index (χ4v) is 5.87. The van der Waals surface area contributed by atoms with Gasteiger partial charge in [-0.05, 0) is 80.8 Å². The van der Waals surface area contributed by atoms with Gasteiger partial charge in [0.2, 0.25) is 0 Å². The molecule has 1 N–H and O–H groups in total. The van der Waals surface area contributed by atoms with Gasteiger partial charge < -0.3 is 24.4 Å². The fraction of sp³-hybridized carbons (Fsp3) is 0.606. The first-order chi connectivity index (χ1) is 20.5. The summed E-state index contributed by atoms with van der Waals surface area (Å²) in [5.41, 5.74) is 1.95. The van der Waals surface area contributed by atoms with E-state index in [1.807, 2.05) is 56.8 Å². The maximum Gasteiger partial charge on any atom is 0.410 e. The van der Waals surface area contributed by atoms with Crippen molar-refractivity contribution in [1.82, 2.24) is 19.6 Å². The summed E-state index contributed by atoms with van der Waals surface area (Å²) in [6.45, 7) is 9.41. The van der Waals surface area contributed by atoms with Crippen molar-refractivity contribution in [2.45, 2.75) is 77.7 Å². The van der Waals surface area contributed by atoms with Crippen molar-refractivity contribution < 1.29 is 28.6 Å². The molecule has 0 spiro atoms. The van der Waals surface area contributed by atoms with E-state index in [9.17, 15) is 14.7 Å². The van der Waals surface area contributed by atoms with Crippen LogP contribution < -0.4 is 0 Å². The zero-order valence-corrected chi connectivity index (χ0v) is 25.7. The molecule has 1 saturated carbocycles. The molecular weight excluding hydrogens is 551 g/mol. The number of amides is 1. The lowest BCUT2D eigenvalue weighted by molar-refractivity contribution is -0.151. The molecule has 10 heteroatoms. The highest BCUT2D eigenvalue weighted by Gasteiger charge is 2.29. The third kappa shape index (κ3) is 8.23. The minimum atomic E-state index is -0.866. The van der Waals surface area contributed by atoms with Crippen LogP contribution in [0.25, 0.3) is 17.0 Å². The Labute approximate surface area is 253 Å². The van der Waals surface area contributed by atoms with Gasteiger partial charge in [-0.15, -0.1) is 0 Å². The number of hydrogen-bond donors (Lipinski definition) is 1. The fourth-order valence-electron chi connectivity index (χ4n) is 5.87. The molecule has 43 heavy (non-hydrogen) atoms. The second-order valence-corrected chi connectivity index (χ2v) is 12.8. The average molecular weight is 597 g/mol. The highest BCUT2D eigenvalue weighted by molar-refractivity contribution is 5.82. The van der Waals surface area contributed by atoms with Crippen LogP contribution in [0.3, 0.4) is 0 Å². The number of hydrogen-bond acceptors (Lipinski definition) is 7. The number of benzene rings is 1. The Morgan fingerprint density at radius 1 is 1.14 bits per heavy atom. The summed E-state index contributed by atoms with van der Waals surface area (Å²) in [6.07, 6.45) is 8.24. The van der Waals surface area contributed by atoms with E-state index < -0.39 is 24.3 Å². The largest absolute Gasteiger partial charge is 0.457 e. The number of nitrogens with zero attached hydrogens (tertiary/aromatic N) is 4. The Hall–Kier alpha value is -3.24. The van der Waals surface area contributed by atoms with Crippen molar-refractivity contribution in [2.75, 3.05) is 33.2 Å². The first kappa shape index (κ1) is 31.2. The molecular formula is C33H45FN4O5. The van der Waals surface area contributed by atoms with Gasteiger partial charge in [-0.25, -0.2) is 9.18 Å². The van der Waals surface area contributed by atoms with Gasteiger partial charge in [0.25, 0.3) is 0 Å². The summed E-state index contributed by atoms with van der Waals surface area (Å²) in [5.74, 6) is -0.545. The molecule has 0 bridgehead atoms. The highest BCUT2D eigenvalue weighted by Crippen LogP contribution is 2.32. The zero-order chi connectivity index (χ0) is 30.7. The summed E-state index contributed by atoms with van der Waals surface area (Å²) in [4.78, 5) is 29.8. The Balaban J connectivity index is 1.37. The molecule has 1 aromatic carbocycles. The van der Waals surface area contributed by atoms with E-state index in [-0.39, 0.29) is 30.2 Å². The second kappa shape index (κ2) is 13.6. The summed E-state index contributed by atoms with van der Waals surface area (Å²) < 4.78 is 28.8. The third-order valence-electron chi connectivity index (χ3n) is 8.89. The Morgan fingerprint density at radius 2 is 1.88 bits per heavy atom. The van der Waals surface area contributed by atoms with Crippen LogP contribution in [0.2, 0.25) is 0 Å². The lowest BCUT2D eigenvalue weighted by Gasteiger charge is -2.33. The normalized spacial score (nSPS) is 29.1. The summed E-state index contributed by atoms with van der Waals surface area (Å²) in [5, 5.41) is 15.7. The van der Waals surface area contributed by atoms with Gasteiger partial charge in [0.15, 0.2) is 0 Å². The van der Waals surface area contributed by atoms with Gasteiger partial charge in [-0.3, -0.25) is 9.48 Å². The van der Waals surface area contributed by atoms with Crippen LogP contribution in [0.4, 0.5) is 9.18 Å².